The van der Waals surface area contributed by atoms with Crippen LogP contribution in [0, 0.1) is 16.7 Å². The van der Waals surface area contributed by atoms with E-state index in [0.29, 0.717) is 11.5 Å². The molecule has 0 aliphatic carbocycles. The minimum absolute atomic E-state index is 0.176. The largest absolute Gasteiger partial charge is 0.382 e. The van der Waals surface area contributed by atoms with Gasteiger partial charge < -0.3 is 5.73 Å². The number of rotatable bonds is 5. The Kier molecular flexibility index (Phi) is 4.20. The topological polar surface area (TPSA) is 142 Å². The van der Waals surface area contributed by atoms with Crippen LogP contribution in [-0.2, 0) is 6.42 Å². The average Bonchev–Trinajstić information content (AvgIpc) is 2.97. The molecule has 0 radical (unpaired) electrons. The summed E-state index contributed by atoms with van der Waals surface area (Å²) in [4.78, 5) is 1.43. The fourth-order valence-corrected chi connectivity index (χ4v) is 1.43. The molecule has 9 heteroatoms. The zero-order chi connectivity index (χ0) is 15.2. The molecular formula is C12H13N9. The van der Waals surface area contributed by atoms with Crippen molar-refractivity contribution in [3.05, 3.63) is 30.1 Å². The van der Waals surface area contributed by atoms with Crippen LogP contribution in [0.1, 0.15) is 12.7 Å². The number of nitrogens with two attached hydrogens (primary N) is 1. The first-order valence-corrected chi connectivity index (χ1v) is 6.11. The number of aromatic nitrogens is 4. The second kappa shape index (κ2) is 6.25. The molecular weight excluding hydrogens is 270 g/mol. The Morgan fingerprint density at radius 2 is 2.19 bits per heavy atom. The Hall–Kier alpha value is -3.28. The summed E-state index contributed by atoms with van der Waals surface area (Å²) in [5.41, 5.74) is 9.06. The molecule has 21 heavy (non-hydrogen) atoms. The van der Waals surface area contributed by atoms with E-state index in [1.54, 1.807) is 30.3 Å². The van der Waals surface area contributed by atoms with E-state index in [1.807, 2.05) is 6.92 Å². The Labute approximate surface area is 120 Å². The lowest BCUT2D eigenvalue weighted by Crippen LogP contribution is -2.21. The molecule has 1 aromatic heterocycles. The number of anilines is 1. The van der Waals surface area contributed by atoms with E-state index in [-0.39, 0.29) is 11.5 Å². The SMILES string of the molecule is CCc1nnn(-c2ccc(N/N=C(\C#N)C(=N)N)cc2)n1. The van der Waals surface area contributed by atoms with Crippen LogP contribution in [0.2, 0.25) is 0 Å². The zero-order valence-corrected chi connectivity index (χ0v) is 11.3. The number of benzene rings is 1. The predicted octanol–water partition coefficient (Wildman–Crippen LogP) is 0.452. The van der Waals surface area contributed by atoms with Crippen LogP contribution >= 0.6 is 0 Å². The van der Waals surface area contributed by atoms with Gasteiger partial charge in [-0.1, -0.05) is 6.92 Å². The van der Waals surface area contributed by atoms with Crippen molar-refractivity contribution in [2.24, 2.45) is 10.8 Å². The summed E-state index contributed by atoms with van der Waals surface area (Å²) >= 11 is 0. The van der Waals surface area contributed by atoms with Crippen molar-refractivity contribution < 1.29 is 0 Å². The molecule has 1 aromatic carbocycles. The summed E-state index contributed by atoms with van der Waals surface area (Å²) < 4.78 is 0. The van der Waals surface area contributed by atoms with Gasteiger partial charge in [0, 0.05) is 6.42 Å². The summed E-state index contributed by atoms with van der Waals surface area (Å²) in [6, 6.07) is 8.75. The summed E-state index contributed by atoms with van der Waals surface area (Å²) in [5.74, 6) is 0.280. The van der Waals surface area contributed by atoms with Gasteiger partial charge in [0.05, 0.1) is 11.4 Å². The first kappa shape index (κ1) is 14.1. The van der Waals surface area contributed by atoms with Crippen molar-refractivity contribution in [3.63, 3.8) is 0 Å². The smallest absolute Gasteiger partial charge is 0.201 e. The molecule has 0 amide bonds. The van der Waals surface area contributed by atoms with Gasteiger partial charge in [-0.2, -0.15) is 10.4 Å². The van der Waals surface area contributed by atoms with Gasteiger partial charge in [0.2, 0.25) is 5.71 Å². The van der Waals surface area contributed by atoms with Crippen LogP contribution in [0.5, 0.6) is 0 Å². The number of amidine groups is 1. The standard InChI is InChI=1S/C12H13N9/c1-2-11-18-20-21(19-11)9-5-3-8(4-6-9)16-17-10(7-13)12(14)15/h3-6,16H,2H2,1H3,(H3,14,15)/b17-10+. The van der Waals surface area contributed by atoms with Crippen LogP contribution in [-0.4, -0.2) is 31.8 Å². The zero-order valence-electron chi connectivity index (χ0n) is 11.3. The summed E-state index contributed by atoms with van der Waals surface area (Å²) in [6.07, 6.45) is 0.719. The van der Waals surface area contributed by atoms with Crippen LogP contribution < -0.4 is 11.2 Å². The highest BCUT2D eigenvalue weighted by molar-refractivity contribution is 6.45. The first-order chi connectivity index (χ1) is 10.1. The molecule has 4 N–H and O–H groups in total. The van der Waals surface area contributed by atoms with E-state index in [9.17, 15) is 0 Å². The molecule has 0 saturated carbocycles. The van der Waals surface area contributed by atoms with E-state index in [0.717, 1.165) is 12.1 Å². The molecule has 0 aliphatic rings. The lowest BCUT2D eigenvalue weighted by molar-refractivity contribution is 0.718. The van der Waals surface area contributed by atoms with Crippen LogP contribution in [0.4, 0.5) is 5.69 Å². The predicted molar refractivity (Wildman–Crippen MR) is 77.1 cm³/mol. The number of nitrogens with one attached hydrogen (secondary N) is 2. The molecule has 0 unspecified atom stereocenters. The second-order valence-corrected chi connectivity index (χ2v) is 3.99. The van der Waals surface area contributed by atoms with Gasteiger partial charge in [-0.15, -0.1) is 15.0 Å². The highest BCUT2D eigenvalue weighted by Gasteiger charge is 2.04. The molecule has 2 aromatic rings. The second-order valence-electron chi connectivity index (χ2n) is 3.99. The molecule has 0 saturated heterocycles. The molecule has 2 rings (SSSR count). The number of hydrogen-bond acceptors (Lipinski definition) is 7. The summed E-state index contributed by atoms with van der Waals surface area (Å²) in [6.45, 7) is 1.95. The summed E-state index contributed by atoms with van der Waals surface area (Å²) in [5, 5.41) is 31.6. The fraction of sp³-hybridized carbons (Fsp3) is 0.167. The quantitative estimate of drug-likeness (QED) is 0.413. The Morgan fingerprint density at radius 3 is 2.71 bits per heavy atom. The number of hydrogen-bond donors (Lipinski definition) is 3. The van der Waals surface area contributed by atoms with Crippen LogP contribution in [0.3, 0.4) is 0 Å². The molecule has 0 aliphatic heterocycles. The average molecular weight is 283 g/mol. The normalized spacial score (nSPS) is 11.0. The molecule has 106 valence electrons. The molecule has 0 fully saturated rings. The van der Waals surface area contributed by atoms with Gasteiger partial charge in [0.15, 0.2) is 11.7 Å². The molecule has 0 bridgehead atoms. The molecule has 0 spiro atoms. The van der Waals surface area contributed by atoms with E-state index >= 15 is 0 Å². The third kappa shape index (κ3) is 3.38. The van der Waals surface area contributed by atoms with E-state index in [1.165, 1.54) is 4.80 Å². The van der Waals surface area contributed by atoms with Crippen molar-refractivity contribution in [1.29, 1.82) is 10.7 Å². The number of hydrazone groups is 1. The summed E-state index contributed by atoms with van der Waals surface area (Å²) in [7, 11) is 0. The minimum Gasteiger partial charge on any atom is -0.382 e. The highest BCUT2D eigenvalue weighted by atomic mass is 15.6. The molecule has 9 nitrogen and oxygen atoms in total. The first-order valence-electron chi connectivity index (χ1n) is 6.11. The lowest BCUT2D eigenvalue weighted by Gasteiger charge is -2.02. The minimum atomic E-state index is -0.388. The molecule has 1 heterocycles. The van der Waals surface area contributed by atoms with E-state index in [2.05, 4.69) is 25.9 Å². The maximum absolute atomic E-state index is 8.72. The van der Waals surface area contributed by atoms with Crippen molar-refractivity contribution in [1.82, 2.24) is 20.2 Å². The van der Waals surface area contributed by atoms with Crippen molar-refractivity contribution >= 4 is 17.2 Å². The van der Waals surface area contributed by atoms with Gasteiger partial charge in [-0.05, 0) is 29.5 Å². The van der Waals surface area contributed by atoms with Gasteiger partial charge in [0.1, 0.15) is 6.07 Å². The third-order valence-electron chi connectivity index (χ3n) is 2.53. The fourth-order valence-electron chi connectivity index (χ4n) is 1.43. The van der Waals surface area contributed by atoms with Gasteiger partial charge in [0.25, 0.3) is 0 Å². The number of tetrazole rings is 1. The van der Waals surface area contributed by atoms with Crippen molar-refractivity contribution in [2.75, 3.05) is 5.43 Å². The third-order valence-corrected chi connectivity index (χ3v) is 2.53. The van der Waals surface area contributed by atoms with Gasteiger partial charge in [-0.3, -0.25) is 10.8 Å². The van der Waals surface area contributed by atoms with Crippen LogP contribution in [0.15, 0.2) is 29.4 Å². The van der Waals surface area contributed by atoms with E-state index < -0.39 is 0 Å². The Bertz CT molecular complexity index is 705. The maximum Gasteiger partial charge on any atom is 0.201 e. The molecule has 0 atom stereocenters. The number of nitrogens with zero attached hydrogens (tertiary/aromatic N) is 6. The van der Waals surface area contributed by atoms with E-state index in [4.69, 9.17) is 16.4 Å². The Morgan fingerprint density at radius 1 is 1.48 bits per heavy atom. The van der Waals surface area contributed by atoms with Gasteiger partial charge >= 0.3 is 0 Å². The lowest BCUT2D eigenvalue weighted by atomic mass is 10.3. The maximum atomic E-state index is 8.72. The van der Waals surface area contributed by atoms with Crippen molar-refractivity contribution in [2.45, 2.75) is 13.3 Å². The Balaban J connectivity index is 2.12. The number of aryl methyl sites for hydroxylation is 1. The van der Waals surface area contributed by atoms with Crippen LogP contribution in [0.25, 0.3) is 5.69 Å². The highest BCUT2D eigenvalue weighted by Crippen LogP contribution is 2.11. The number of nitriles is 1. The van der Waals surface area contributed by atoms with Crippen molar-refractivity contribution in [3.8, 4) is 11.8 Å². The monoisotopic (exact) mass is 283 g/mol. The van der Waals surface area contributed by atoms with Gasteiger partial charge in [-0.25, -0.2) is 0 Å².